The number of hydrogen-bond donors (Lipinski definition) is 1. The second-order valence-electron chi connectivity index (χ2n) is 6.18. The molecular formula is C16H22N4O3S. The Morgan fingerprint density at radius 3 is 2.92 bits per heavy atom. The normalized spacial score (nSPS) is 17.6. The molecule has 130 valence electrons. The summed E-state index contributed by atoms with van der Waals surface area (Å²) in [6, 6.07) is 0. The van der Waals surface area contributed by atoms with Crippen LogP contribution in [-0.2, 0) is 11.2 Å². The minimum absolute atomic E-state index is 0.0739. The highest BCUT2D eigenvalue weighted by molar-refractivity contribution is 7.13. The molecule has 0 bridgehead atoms. The van der Waals surface area contributed by atoms with Crippen LogP contribution in [0.5, 0.6) is 0 Å². The number of nitrogens with one attached hydrogen (secondary N) is 1. The quantitative estimate of drug-likeness (QED) is 0.861. The van der Waals surface area contributed by atoms with Crippen molar-refractivity contribution in [2.24, 2.45) is 0 Å². The predicted octanol–water partition coefficient (Wildman–Crippen LogP) is 2.78. The molecule has 0 radical (unpaired) electrons. The van der Waals surface area contributed by atoms with Crippen molar-refractivity contribution in [3.63, 3.8) is 0 Å². The van der Waals surface area contributed by atoms with Crippen LogP contribution in [0.4, 0.5) is 0 Å². The Morgan fingerprint density at radius 2 is 2.25 bits per heavy atom. The SMILES string of the molecule is Cc1nc(C(C)C)sc1C(=O)NCCc1noc(C2CCCO2)n1. The van der Waals surface area contributed by atoms with E-state index < -0.39 is 0 Å². The fourth-order valence-corrected chi connectivity index (χ4v) is 3.50. The molecule has 0 aliphatic carbocycles. The van der Waals surface area contributed by atoms with Crippen molar-refractivity contribution in [1.82, 2.24) is 20.4 Å². The number of aromatic nitrogens is 3. The highest BCUT2D eigenvalue weighted by Crippen LogP contribution is 2.27. The van der Waals surface area contributed by atoms with Gasteiger partial charge in [-0.05, 0) is 19.8 Å². The molecule has 24 heavy (non-hydrogen) atoms. The molecule has 3 heterocycles. The Labute approximate surface area is 144 Å². The van der Waals surface area contributed by atoms with Gasteiger partial charge in [-0.15, -0.1) is 11.3 Å². The number of nitrogens with zero attached hydrogens (tertiary/aromatic N) is 3. The van der Waals surface area contributed by atoms with Crippen molar-refractivity contribution in [2.45, 2.75) is 52.1 Å². The van der Waals surface area contributed by atoms with Crippen LogP contribution < -0.4 is 5.32 Å². The Morgan fingerprint density at radius 1 is 1.42 bits per heavy atom. The molecular weight excluding hydrogens is 328 g/mol. The minimum atomic E-state index is -0.0975. The summed E-state index contributed by atoms with van der Waals surface area (Å²) >= 11 is 1.45. The predicted molar refractivity (Wildman–Crippen MR) is 89.2 cm³/mol. The van der Waals surface area contributed by atoms with Crippen LogP contribution in [0.1, 0.15) is 70.8 Å². The average molecular weight is 350 g/mol. The second kappa shape index (κ2) is 7.40. The third-order valence-electron chi connectivity index (χ3n) is 3.84. The summed E-state index contributed by atoms with van der Waals surface area (Å²) in [7, 11) is 0. The molecule has 1 N–H and O–H groups in total. The van der Waals surface area contributed by atoms with Crippen molar-refractivity contribution in [1.29, 1.82) is 0 Å². The van der Waals surface area contributed by atoms with Gasteiger partial charge in [-0.25, -0.2) is 4.98 Å². The van der Waals surface area contributed by atoms with Crippen molar-refractivity contribution in [3.05, 3.63) is 27.3 Å². The molecule has 8 heteroatoms. The van der Waals surface area contributed by atoms with Gasteiger partial charge in [-0.3, -0.25) is 4.79 Å². The van der Waals surface area contributed by atoms with Crippen LogP contribution in [0.2, 0.25) is 0 Å². The molecule has 2 aromatic rings. The average Bonchev–Trinajstić information content (AvgIpc) is 3.26. The van der Waals surface area contributed by atoms with Crippen LogP contribution in [0, 0.1) is 6.92 Å². The fourth-order valence-electron chi connectivity index (χ4n) is 2.52. The van der Waals surface area contributed by atoms with E-state index in [9.17, 15) is 4.79 Å². The van der Waals surface area contributed by atoms with E-state index >= 15 is 0 Å². The van der Waals surface area contributed by atoms with Gasteiger partial charge in [-0.2, -0.15) is 4.98 Å². The van der Waals surface area contributed by atoms with Gasteiger partial charge in [0.25, 0.3) is 11.8 Å². The maximum atomic E-state index is 12.3. The molecule has 2 aromatic heterocycles. The van der Waals surface area contributed by atoms with Crippen LogP contribution in [0.15, 0.2) is 4.52 Å². The Kier molecular flexibility index (Phi) is 5.25. The van der Waals surface area contributed by atoms with E-state index in [4.69, 9.17) is 9.26 Å². The zero-order chi connectivity index (χ0) is 17.1. The first-order valence-electron chi connectivity index (χ1n) is 8.24. The molecule has 0 saturated carbocycles. The summed E-state index contributed by atoms with van der Waals surface area (Å²) in [5.41, 5.74) is 0.779. The first-order chi connectivity index (χ1) is 11.5. The van der Waals surface area contributed by atoms with Crippen molar-refractivity contribution in [3.8, 4) is 0 Å². The Balaban J connectivity index is 1.52. The molecule has 1 fully saturated rings. The van der Waals surface area contributed by atoms with E-state index in [2.05, 4.69) is 34.3 Å². The van der Waals surface area contributed by atoms with Crippen LogP contribution in [0.25, 0.3) is 0 Å². The van der Waals surface area contributed by atoms with E-state index in [0.717, 1.165) is 30.2 Å². The van der Waals surface area contributed by atoms with E-state index in [-0.39, 0.29) is 12.0 Å². The van der Waals surface area contributed by atoms with Gasteiger partial charge < -0.3 is 14.6 Å². The van der Waals surface area contributed by atoms with Crippen molar-refractivity contribution >= 4 is 17.2 Å². The van der Waals surface area contributed by atoms with E-state index in [1.165, 1.54) is 11.3 Å². The highest BCUT2D eigenvalue weighted by Gasteiger charge is 2.24. The summed E-state index contributed by atoms with van der Waals surface area (Å²) in [4.78, 5) is 21.7. The van der Waals surface area contributed by atoms with Gasteiger partial charge in [0, 0.05) is 25.5 Å². The number of aryl methyl sites for hydroxylation is 1. The second-order valence-corrected chi connectivity index (χ2v) is 7.21. The molecule has 1 aliphatic rings. The van der Waals surface area contributed by atoms with Crippen LogP contribution in [0.3, 0.4) is 0 Å². The third kappa shape index (κ3) is 3.81. The summed E-state index contributed by atoms with van der Waals surface area (Å²) in [6.45, 7) is 7.21. The standard InChI is InChI=1S/C16H22N4O3S/c1-9(2)16-18-10(3)13(24-16)14(21)17-7-6-12-19-15(23-20-12)11-5-4-8-22-11/h9,11H,4-8H2,1-3H3,(H,17,21). The van der Waals surface area contributed by atoms with Gasteiger partial charge in [0.05, 0.1) is 10.7 Å². The topological polar surface area (TPSA) is 90.1 Å². The number of rotatable bonds is 6. The highest BCUT2D eigenvalue weighted by atomic mass is 32.1. The lowest BCUT2D eigenvalue weighted by molar-refractivity contribution is 0.0835. The molecule has 1 amide bonds. The molecule has 1 saturated heterocycles. The minimum Gasteiger partial charge on any atom is -0.368 e. The number of hydrogen-bond acceptors (Lipinski definition) is 7. The fraction of sp³-hybridized carbons (Fsp3) is 0.625. The number of carbonyl (C=O) groups is 1. The molecule has 1 unspecified atom stereocenters. The Bertz CT molecular complexity index is 704. The summed E-state index contributed by atoms with van der Waals surface area (Å²) in [6.07, 6.45) is 2.39. The van der Waals surface area contributed by atoms with Gasteiger partial charge in [-0.1, -0.05) is 19.0 Å². The molecule has 1 aliphatic heterocycles. The van der Waals surface area contributed by atoms with Crippen molar-refractivity contribution < 1.29 is 14.1 Å². The number of amides is 1. The zero-order valence-electron chi connectivity index (χ0n) is 14.2. The lowest BCUT2D eigenvalue weighted by atomic mass is 10.2. The summed E-state index contributed by atoms with van der Waals surface area (Å²) in [5.74, 6) is 1.35. The largest absolute Gasteiger partial charge is 0.368 e. The van der Waals surface area contributed by atoms with Gasteiger partial charge >= 0.3 is 0 Å². The summed E-state index contributed by atoms with van der Waals surface area (Å²) < 4.78 is 10.7. The van der Waals surface area contributed by atoms with Crippen molar-refractivity contribution in [2.75, 3.05) is 13.2 Å². The lowest BCUT2D eigenvalue weighted by Gasteiger charge is -2.02. The van der Waals surface area contributed by atoms with Gasteiger partial charge in [0.1, 0.15) is 11.0 Å². The van der Waals surface area contributed by atoms with Crippen LogP contribution >= 0.6 is 11.3 Å². The maximum absolute atomic E-state index is 12.3. The lowest BCUT2D eigenvalue weighted by Crippen LogP contribution is -2.25. The van der Waals surface area contributed by atoms with E-state index in [1.54, 1.807) is 0 Å². The monoisotopic (exact) mass is 350 g/mol. The molecule has 0 aromatic carbocycles. The smallest absolute Gasteiger partial charge is 0.263 e. The number of carbonyl (C=O) groups excluding carboxylic acids is 1. The van der Waals surface area contributed by atoms with E-state index in [1.807, 2.05) is 6.92 Å². The first kappa shape index (κ1) is 17.0. The third-order valence-corrected chi connectivity index (χ3v) is 5.29. The summed E-state index contributed by atoms with van der Waals surface area (Å²) in [5, 5.41) is 7.83. The van der Waals surface area contributed by atoms with Crippen LogP contribution in [-0.4, -0.2) is 34.2 Å². The number of thiazole rings is 1. The molecule has 3 rings (SSSR count). The molecule has 1 atom stereocenters. The first-order valence-corrected chi connectivity index (χ1v) is 9.06. The van der Waals surface area contributed by atoms with E-state index in [0.29, 0.717) is 35.5 Å². The van der Waals surface area contributed by atoms with Gasteiger partial charge in [0.2, 0.25) is 0 Å². The zero-order valence-corrected chi connectivity index (χ0v) is 15.0. The molecule has 0 spiro atoms. The maximum Gasteiger partial charge on any atom is 0.263 e. The Hall–Kier alpha value is -1.80. The van der Waals surface area contributed by atoms with Gasteiger partial charge in [0.15, 0.2) is 5.82 Å². The number of ether oxygens (including phenoxy) is 1. The molecule has 7 nitrogen and oxygen atoms in total.